The zero-order chi connectivity index (χ0) is 22.3. The van der Waals surface area contributed by atoms with E-state index in [9.17, 15) is 18.0 Å². The van der Waals surface area contributed by atoms with Crippen LogP contribution in [0, 0.1) is 0 Å². The summed E-state index contributed by atoms with van der Waals surface area (Å²) in [6.07, 6.45) is -2.64. The molecule has 164 valence electrons. The van der Waals surface area contributed by atoms with Crippen molar-refractivity contribution in [2.45, 2.75) is 23.8 Å². The van der Waals surface area contributed by atoms with Gasteiger partial charge in [-0.1, -0.05) is 36.0 Å². The number of alkyl halides is 3. The van der Waals surface area contributed by atoms with Crippen LogP contribution in [0.4, 0.5) is 13.2 Å². The van der Waals surface area contributed by atoms with E-state index in [1.165, 1.54) is 11.3 Å². The lowest BCUT2D eigenvalue weighted by atomic mass is 9.97. The first-order chi connectivity index (χ1) is 15.4. The highest BCUT2D eigenvalue weighted by Gasteiger charge is 2.50. The number of halogens is 3. The van der Waals surface area contributed by atoms with Crippen molar-refractivity contribution >= 4 is 39.9 Å². The maximum atomic E-state index is 14.1. The van der Waals surface area contributed by atoms with E-state index in [1.807, 2.05) is 23.6 Å². The molecule has 1 N–H and O–H groups in total. The summed E-state index contributed by atoms with van der Waals surface area (Å²) in [5, 5.41) is 3.06. The van der Waals surface area contributed by atoms with Crippen molar-refractivity contribution in [2.24, 2.45) is 0 Å². The van der Waals surface area contributed by atoms with Gasteiger partial charge in [0.25, 0.3) is 0 Å². The van der Waals surface area contributed by atoms with Crippen LogP contribution in [0.1, 0.15) is 17.3 Å². The Hall–Kier alpha value is -2.85. The van der Waals surface area contributed by atoms with Crippen LogP contribution < -0.4 is 0 Å². The Balaban J connectivity index is 1.38. The molecule has 0 aliphatic carbocycles. The second kappa shape index (κ2) is 8.25. The summed E-state index contributed by atoms with van der Waals surface area (Å²) in [5.41, 5.74) is 2.05. The minimum absolute atomic E-state index is 0.00844. The van der Waals surface area contributed by atoms with Gasteiger partial charge in [0, 0.05) is 23.6 Å². The van der Waals surface area contributed by atoms with Gasteiger partial charge < -0.3 is 9.88 Å². The van der Waals surface area contributed by atoms with E-state index in [1.54, 1.807) is 30.5 Å². The average Bonchev–Trinajstić information content (AvgIpc) is 3.44. The number of carbonyl (C=O) groups excluding carboxylic acids is 1. The number of aromatic amines is 1. The van der Waals surface area contributed by atoms with Crippen LogP contribution >= 0.6 is 23.1 Å². The number of nitrogens with one attached hydrogen (secondary N) is 1. The summed E-state index contributed by atoms with van der Waals surface area (Å²) in [6.45, 7) is 0.00844. The molecule has 5 nitrogen and oxygen atoms in total. The Kier molecular flexibility index (Phi) is 5.42. The van der Waals surface area contributed by atoms with Crippen molar-refractivity contribution < 1.29 is 18.0 Å². The van der Waals surface area contributed by atoms with E-state index in [2.05, 4.69) is 15.0 Å². The fraction of sp³-hybridized carbons (Fsp3) is 0.227. The number of benzene rings is 1. The molecule has 32 heavy (non-hydrogen) atoms. The number of H-pyrrole nitrogens is 1. The maximum Gasteiger partial charge on any atom is 0.414 e. The second-order valence-corrected chi connectivity index (χ2v) is 9.22. The molecule has 0 bridgehead atoms. The third kappa shape index (κ3) is 3.88. The molecule has 0 saturated carbocycles. The van der Waals surface area contributed by atoms with Gasteiger partial charge in [0.2, 0.25) is 5.91 Å². The predicted octanol–water partition coefficient (Wildman–Crippen LogP) is 5.47. The van der Waals surface area contributed by atoms with Crippen molar-refractivity contribution in [3.63, 3.8) is 0 Å². The molecule has 0 spiro atoms. The molecule has 0 radical (unpaired) electrons. The number of carbonyl (C=O) groups is 1. The van der Waals surface area contributed by atoms with Gasteiger partial charge in [0.05, 0.1) is 22.0 Å². The number of aromatic nitrogens is 3. The maximum absolute atomic E-state index is 14.1. The van der Waals surface area contributed by atoms with Crippen LogP contribution in [-0.4, -0.2) is 44.2 Å². The molecule has 10 heteroatoms. The smallest absolute Gasteiger partial charge is 0.356 e. The third-order valence-corrected chi connectivity index (χ3v) is 7.14. The zero-order valence-electron chi connectivity index (χ0n) is 16.6. The number of nitrogens with zero attached hydrogens (tertiary/aromatic N) is 3. The lowest BCUT2D eigenvalue weighted by molar-refractivity contribution is -0.193. The minimum Gasteiger partial charge on any atom is -0.356 e. The number of thioether (sulfide) groups is 1. The number of thiophene rings is 1. The van der Waals surface area contributed by atoms with Crippen LogP contribution in [0.5, 0.6) is 0 Å². The van der Waals surface area contributed by atoms with E-state index < -0.39 is 18.1 Å². The van der Waals surface area contributed by atoms with Crippen LogP contribution in [0.15, 0.2) is 59.2 Å². The van der Waals surface area contributed by atoms with Crippen LogP contribution in [0.25, 0.3) is 21.5 Å². The minimum atomic E-state index is -4.59. The number of hydrogen-bond donors (Lipinski definition) is 1. The zero-order valence-corrected chi connectivity index (χ0v) is 18.2. The van der Waals surface area contributed by atoms with Gasteiger partial charge in [-0.05, 0) is 35.6 Å². The van der Waals surface area contributed by atoms with Crippen molar-refractivity contribution in [1.82, 2.24) is 19.9 Å². The Morgan fingerprint density at radius 3 is 2.84 bits per heavy atom. The Morgan fingerprint density at radius 2 is 2.06 bits per heavy atom. The summed E-state index contributed by atoms with van der Waals surface area (Å²) in [5.74, 6) is -0.762. The predicted molar refractivity (Wildman–Crippen MR) is 119 cm³/mol. The van der Waals surface area contributed by atoms with Gasteiger partial charge in [-0.25, -0.2) is 9.97 Å². The largest absolute Gasteiger partial charge is 0.414 e. The van der Waals surface area contributed by atoms with Gasteiger partial charge in [-0.15, -0.1) is 11.3 Å². The van der Waals surface area contributed by atoms with Crippen LogP contribution in [-0.2, 0) is 11.2 Å². The van der Waals surface area contributed by atoms with Crippen LogP contribution in [0.3, 0.4) is 0 Å². The van der Waals surface area contributed by atoms with Crippen LogP contribution in [0.2, 0.25) is 0 Å². The Morgan fingerprint density at radius 1 is 1.22 bits per heavy atom. The number of hydrogen-bond acceptors (Lipinski definition) is 5. The Bertz CT molecular complexity index is 1270. The summed E-state index contributed by atoms with van der Waals surface area (Å²) in [6, 6.07) is 10.7. The molecular weight excluding hydrogens is 457 g/mol. The SMILES string of the molecule is O=C(CSc1nccc(-c2cccs2)n1)N1CCc2c([nH]c3ccccc23)[C@H]1C(F)(F)F. The topological polar surface area (TPSA) is 61.9 Å². The van der Waals surface area contributed by atoms with Crippen molar-refractivity contribution in [1.29, 1.82) is 0 Å². The van der Waals surface area contributed by atoms with Gasteiger partial charge in [-0.3, -0.25) is 4.79 Å². The van der Waals surface area contributed by atoms with E-state index in [4.69, 9.17) is 0 Å². The van der Waals surface area contributed by atoms with E-state index in [-0.39, 0.29) is 18.0 Å². The molecule has 3 aromatic heterocycles. The molecule has 1 amide bonds. The van der Waals surface area contributed by atoms with Gasteiger partial charge >= 0.3 is 6.18 Å². The second-order valence-electron chi connectivity index (χ2n) is 7.33. The molecule has 4 heterocycles. The lowest BCUT2D eigenvalue weighted by Gasteiger charge is -2.36. The molecule has 0 fully saturated rings. The molecule has 0 saturated heterocycles. The third-order valence-electron chi connectivity index (χ3n) is 5.40. The normalized spacial score (nSPS) is 16.3. The van der Waals surface area contributed by atoms with E-state index in [0.717, 1.165) is 32.6 Å². The van der Waals surface area contributed by atoms with Gasteiger partial charge in [0.15, 0.2) is 11.2 Å². The molecule has 4 aromatic rings. The van der Waals surface area contributed by atoms with E-state index in [0.29, 0.717) is 22.7 Å². The van der Waals surface area contributed by atoms with Crippen molar-refractivity contribution in [3.8, 4) is 10.6 Å². The van der Waals surface area contributed by atoms with E-state index >= 15 is 0 Å². The molecule has 1 atom stereocenters. The molecule has 1 aromatic carbocycles. The molecular formula is C22H17F3N4OS2. The highest BCUT2D eigenvalue weighted by Crippen LogP contribution is 2.44. The first-order valence-corrected chi connectivity index (χ1v) is 11.7. The summed E-state index contributed by atoms with van der Waals surface area (Å²) < 4.78 is 42.3. The quantitative estimate of drug-likeness (QED) is 0.315. The first-order valence-electron chi connectivity index (χ1n) is 9.87. The summed E-state index contributed by atoms with van der Waals surface area (Å²) >= 11 is 2.57. The number of fused-ring (bicyclic) bond motifs is 3. The summed E-state index contributed by atoms with van der Waals surface area (Å²) in [7, 11) is 0. The molecule has 5 rings (SSSR count). The molecule has 1 aliphatic rings. The highest BCUT2D eigenvalue weighted by molar-refractivity contribution is 7.99. The number of para-hydroxylation sites is 1. The highest BCUT2D eigenvalue weighted by atomic mass is 32.2. The molecule has 1 aliphatic heterocycles. The number of amides is 1. The van der Waals surface area contributed by atoms with Gasteiger partial charge in [0.1, 0.15) is 0 Å². The lowest BCUT2D eigenvalue weighted by Crippen LogP contribution is -2.47. The standard InChI is InChI=1S/C22H17F3N4OS2/c23-22(24,25)20-19-14(13-4-1-2-5-15(13)27-19)8-10-29(20)18(30)12-32-21-26-9-7-16(28-21)17-6-3-11-31-17/h1-7,9,11,20,27H,8,10,12H2/t20-/m0/s1. The number of rotatable bonds is 4. The Labute approximate surface area is 189 Å². The van der Waals surface area contributed by atoms with Crippen molar-refractivity contribution in [2.75, 3.05) is 12.3 Å². The fourth-order valence-corrected chi connectivity index (χ4v) is 5.44. The molecule has 0 unspecified atom stereocenters. The fourth-order valence-electron chi connectivity index (χ4n) is 4.03. The van der Waals surface area contributed by atoms with Crippen molar-refractivity contribution in [3.05, 3.63) is 65.3 Å². The average molecular weight is 475 g/mol. The first kappa shape index (κ1) is 21.0. The summed E-state index contributed by atoms with van der Waals surface area (Å²) in [4.78, 5) is 26.3. The monoisotopic (exact) mass is 474 g/mol. The van der Waals surface area contributed by atoms with Gasteiger partial charge in [-0.2, -0.15) is 13.2 Å².